The van der Waals surface area contributed by atoms with Crippen LogP contribution in [0.5, 0.6) is 0 Å². The molecule has 0 aromatic carbocycles. The normalized spacial score (nSPS) is 16.2. The maximum Gasteiger partial charge on any atom is 0.490 e. The van der Waals surface area contributed by atoms with Crippen LogP contribution in [0.15, 0.2) is 0 Å². The minimum Gasteiger partial charge on any atom is -0.475 e. The first-order valence-corrected chi connectivity index (χ1v) is 4.59. The molecule has 8 heteroatoms. The molecule has 94 valence electrons. The first-order valence-electron chi connectivity index (χ1n) is 4.59. The molecule has 16 heavy (non-hydrogen) atoms. The summed E-state index contributed by atoms with van der Waals surface area (Å²) in [7, 11) is 0. The van der Waals surface area contributed by atoms with Crippen molar-refractivity contribution in [3.63, 3.8) is 0 Å². The number of carbonyl (C=O) groups excluding carboxylic acids is 1. The summed E-state index contributed by atoms with van der Waals surface area (Å²) in [5.41, 5.74) is 2.17. The zero-order valence-corrected chi connectivity index (χ0v) is 8.38. The van der Waals surface area contributed by atoms with E-state index in [9.17, 15) is 18.0 Å². The third-order valence-corrected chi connectivity index (χ3v) is 2.11. The van der Waals surface area contributed by atoms with Gasteiger partial charge in [-0.1, -0.05) is 12.8 Å². The molecular weight excluding hydrogens is 229 g/mol. The van der Waals surface area contributed by atoms with E-state index in [-0.39, 0.29) is 11.8 Å². The molecule has 0 aromatic rings. The number of halogens is 3. The fourth-order valence-electron chi connectivity index (χ4n) is 1.31. The number of carbonyl (C=O) groups is 2. The Morgan fingerprint density at radius 1 is 1.25 bits per heavy atom. The van der Waals surface area contributed by atoms with Crippen LogP contribution in [-0.2, 0) is 9.59 Å². The third-order valence-electron chi connectivity index (χ3n) is 2.11. The van der Waals surface area contributed by atoms with E-state index < -0.39 is 12.1 Å². The van der Waals surface area contributed by atoms with Crippen molar-refractivity contribution >= 4 is 11.9 Å². The number of amides is 1. The van der Waals surface area contributed by atoms with Crippen LogP contribution in [0.25, 0.3) is 0 Å². The SMILES string of the molecule is NNC(=O)C1CCCC1.O=C(O)C(F)(F)F. The van der Waals surface area contributed by atoms with Crippen molar-refractivity contribution in [2.24, 2.45) is 11.8 Å². The van der Waals surface area contributed by atoms with Gasteiger partial charge in [-0.05, 0) is 12.8 Å². The molecule has 1 rings (SSSR count). The van der Waals surface area contributed by atoms with Crippen LogP contribution in [0.2, 0.25) is 0 Å². The Hall–Kier alpha value is -1.31. The Morgan fingerprint density at radius 3 is 1.88 bits per heavy atom. The summed E-state index contributed by atoms with van der Waals surface area (Å²) < 4.78 is 31.7. The van der Waals surface area contributed by atoms with Crippen molar-refractivity contribution in [3.8, 4) is 0 Å². The van der Waals surface area contributed by atoms with Crippen LogP contribution >= 0.6 is 0 Å². The van der Waals surface area contributed by atoms with Gasteiger partial charge >= 0.3 is 12.1 Å². The monoisotopic (exact) mass is 242 g/mol. The Labute approximate surface area is 89.8 Å². The number of nitrogens with two attached hydrogens (primary N) is 1. The highest BCUT2D eigenvalue weighted by atomic mass is 19.4. The summed E-state index contributed by atoms with van der Waals surface area (Å²) in [6.07, 6.45) is -0.692. The highest BCUT2D eigenvalue weighted by Gasteiger charge is 2.38. The van der Waals surface area contributed by atoms with Gasteiger partial charge in [0.25, 0.3) is 0 Å². The van der Waals surface area contributed by atoms with Gasteiger partial charge in [-0.15, -0.1) is 0 Å². The van der Waals surface area contributed by atoms with Gasteiger partial charge in [-0.2, -0.15) is 13.2 Å². The summed E-state index contributed by atoms with van der Waals surface area (Å²) in [4.78, 5) is 19.7. The summed E-state index contributed by atoms with van der Waals surface area (Å²) >= 11 is 0. The second-order valence-corrected chi connectivity index (χ2v) is 3.29. The maximum atomic E-state index is 10.8. The molecule has 0 saturated heterocycles. The smallest absolute Gasteiger partial charge is 0.475 e. The van der Waals surface area contributed by atoms with E-state index in [0.717, 1.165) is 12.8 Å². The minimum atomic E-state index is -5.08. The van der Waals surface area contributed by atoms with E-state index in [1.54, 1.807) is 0 Å². The van der Waals surface area contributed by atoms with E-state index in [2.05, 4.69) is 5.43 Å². The number of carboxylic acid groups (broad SMARTS) is 1. The van der Waals surface area contributed by atoms with Crippen molar-refractivity contribution in [1.82, 2.24) is 5.43 Å². The Balaban J connectivity index is 0.000000293. The van der Waals surface area contributed by atoms with Gasteiger partial charge in [0.05, 0.1) is 0 Å². The molecule has 0 heterocycles. The number of nitrogens with one attached hydrogen (secondary N) is 1. The van der Waals surface area contributed by atoms with Gasteiger partial charge in [0.2, 0.25) is 5.91 Å². The molecule has 0 radical (unpaired) electrons. The quantitative estimate of drug-likeness (QED) is 0.360. The first kappa shape index (κ1) is 14.7. The van der Waals surface area contributed by atoms with Crippen LogP contribution in [0, 0.1) is 5.92 Å². The fourth-order valence-corrected chi connectivity index (χ4v) is 1.31. The number of rotatable bonds is 1. The fraction of sp³-hybridized carbons (Fsp3) is 0.750. The van der Waals surface area contributed by atoms with Gasteiger partial charge in [0, 0.05) is 5.92 Å². The Morgan fingerprint density at radius 2 is 1.62 bits per heavy atom. The molecule has 1 saturated carbocycles. The van der Waals surface area contributed by atoms with Crippen LogP contribution in [0.4, 0.5) is 13.2 Å². The van der Waals surface area contributed by atoms with Gasteiger partial charge in [0.15, 0.2) is 0 Å². The van der Waals surface area contributed by atoms with Gasteiger partial charge in [-0.3, -0.25) is 10.2 Å². The van der Waals surface area contributed by atoms with Crippen molar-refractivity contribution in [2.45, 2.75) is 31.9 Å². The average molecular weight is 242 g/mol. The lowest BCUT2D eigenvalue weighted by Crippen LogP contribution is -2.34. The highest BCUT2D eigenvalue weighted by Crippen LogP contribution is 2.24. The molecule has 1 amide bonds. The molecule has 1 aliphatic carbocycles. The van der Waals surface area contributed by atoms with Crippen LogP contribution in [0.1, 0.15) is 25.7 Å². The second-order valence-electron chi connectivity index (χ2n) is 3.29. The predicted octanol–water partition coefficient (Wildman–Crippen LogP) is 0.800. The minimum absolute atomic E-state index is 0.00694. The lowest BCUT2D eigenvalue weighted by Gasteiger charge is -2.04. The molecule has 0 atom stereocenters. The standard InChI is InChI=1S/C6H12N2O.C2HF3O2/c7-8-6(9)5-3-1-2-4-5;3-2(4,5)1(6)7/h5H,1-4,7H2,(H,8,9);(H,6,7). The Bertz CT molecular complexity index is 249. The second kappa shape index (κ2) is 6.31. The molecule has 0 aliphatic heterocycles. The highest BCUT2D eigenvalue weighted by molar-refractivity contribution is 5.78. The van der Waals surface area contributed by atoms with Gasteiger partial charge < -0.3 is 5.11 Å². The number of aliphatic carboxylic acids is 1. The van der Waals surface area contributed by atoms with E-state index in [0.29, 0.717) is 0 Å². The number of hydrogen-bond acceptors (Lipinski definition) is 3. The topological polar surface area (TPSA) is 92.4 Å². The molecule has 4 N–H and O–H groups in total. The zero-order chi connectivity index (χ0) is 12.8. The van der Waals surface area contributed by atoms with E-state index in [4.69, 9.17) is 15.7 Å². The molecule has 0 unspecified atom stereocenters. The lowest BCUT2D eigenvalue weighted by atomic mass is 10.1. The van der Waals surface area contributed by atoms with Crippen molar-refractivity contribution in [3.05, 3.63) is 0 Å². The van der Waals surface area contributed by atoms with Crippen molar-refractivity contribution in [1.29, 1.82) is 0 Å². The zero-order valence-electron chi connectivity index (χ0n) is 8.38. The molecule has 1 fully saturated rings. The number of alkyl halides is 3. The summed E-state index contributed by atoms with van der Waals surface area (Å²) in [5.74, 6) is 2.41. The van der Waals surface area contributed by atoms with Gasteiger partial charge in [-0.25, -0.2) is 10.6 Å². The van der Waals surface area contributed by atoms with Crippen molar-refractivity contribution in [2.75, 3.05) is 0 Å². The summed E-state index contributed by atoms with van der Waals surface area (Å²) in [5, 5.41) is 7.12. The predicted molar refractivity (Wildman–Crippen MR) is 48.0 cm³/mol. The summed E-state index contributed by atoms with van der Waals surface area (Å²) in [6, 6.07) is 0. The van der Waals surface area contributed by atoms with E-state index >= 15 is 0 Å². The number of hydrogen-bond donors (Lipinski definition) is 3. The molecular formula is C8H13F3N2O3. The molecule has 0 aromatic heterocycles. The molecule has 0 bridgehead atoms. The van der Waals surface area contributed by atoms with E-state index in [1.807, 2.05) is 0 Å². The number of hydrazine groups is 1. The molecule has 0 spiro atoms. The summed E-state index contributed by atoms with van der Waals surface area (Å²) in [6.45, 7) is 0. The Kier molecular flexibility index (Phi) is 5.79. The lowest BCUT2D eigenvalue weighted by molar-refractivity contribution is -0.192. The van der Waals surface area contributed by atoms with E-state index in [1.165, 1.54) is 12.8 Å². The average Bonchev–Trinajstić information content (AvgIpc) is 2.69. The molecule has 5 nitrogen and oxygen atoms in total. The van der Waals surface area contributed by atoms with Crippen LogP contribution in [-0.4, -0.2) is 23.2 Å². The maximum absolute atomic E-state index is 10.8. The van der Waals surface area contributed by atoms with Crippen LogP contribution < -0.4 is 11.3 Å². The van der Waals surface area contributed by atoms with Crippen molar-refractivity contribution < 1.29 is 27.9 Å². The number of carboxylic acids is 1. The largest absolute Gasteiger partial charge is 0.490 e. The third kappa shape index (κ3) is 5.54. The van der Waals surface area contributed by atoms with Gasteiger partial charge in [0.1, 0.15) is 0 Å². The van der Waals surface area contributed by atoms with Crippen LogP contribution in [0.3, 0.4) is 0 Å². The first-order chi connectivity index (χ1) is 7.29. The molecule has 1 aliphatic rings.